The van der Waals surface area contributed by atoms with Gasteiger partial charge in [-0.1, -0.05) is 11.6 Å². The summed E-state index contributed by atoms with van der Waals surface area (Å²) in [5, 5.41) is 2.12. The summed E-state index contributed by atoms with van der Waals surface area (Å²) in [6.45, 7) is 6.55. The highest BCUT2D eigenvalue weighted by Crippen LogP contribution is 2.36. The van der Waals surface area contributed by atoms with Gasteiger partial charge >= 0.3 is 12.2 Å². The van der Waals surface area contributed by atoms with E-state index < -0.39 is 22.8 Å². The summed E-state index contributed by atoms with van der Waals surface area (Å²) >= 11 is 5.64. The summed E-state index contributed by atoms with van der Waals surface area (Å²) in [5.74, 6) is 1.45. The summed E-state index contributed by atoms with van der Waals surface area (Å²) in [4.78, 5) is 27.6. The molecule has 2 aromatic rings. The maximum absolute atomic E-state index is 13.1. The highest BCUT2D eigenvalue weighted by molar-refractivity contribution is 6.31. The van der Waals surface area contributed by atoms with E-state index in [0.29, 0.717) is 45.3 Å². The lowest BCUT2D eigenvalue weighted by Crippen LogP contribution is -2.50. The van der Waals surface area contributed by atoms with Crippen LogP contribution >= 0.6 is 11.6 Å². The van der Waals surface area contributed by atoms with Crippen molar-refractivity contribution in [1.82, 2.24) is 14.9 Å². The van der Waals surface area contributed by atoms with Gasteiger partial charge in [-0.25, -0.2) is 9.78 Å². The predicted molar refractivity (Wildman–Crippen MR) is 119 cm³/mol. The first-order valence-electron chi connectivity index (χ1n) is 10.6. The van der Waals surface area contributed by atoms with Gasteiger partial charge in [0.2, 0.25) is 5.95 Å². The van der Waals surface area contributed by atoms with E-state index in [1.807, 2.05) is 13.0 Å². The molecule has 0 radical (unpaired) electrons. The van der Waals surface area contributed by atoms with Crippen molar-refractivity contribution in [3.8, 4) is 0 Å². The average Bonchev–Trinajstić information content (AvgIpc) is 2.80. The molecule has 0 atom stereocenters. The number of piperazine rings is 1. The molecule has 2 aliphatic heterocycles. The van der Waals surface area contributed by atoms with Gasteiger partial charge in [-0.2, -0.15) is 18.2 Å². The van der Waals surface area contributed by atoms with E-state index in [1.165, 1.54) is 6.07 Å². The summed E-state index contributed by atoms with van der Waals surface area (Å²) in [5.41, 5.74) is -0.0902. The SMILES string of the molecule is Cc1cc(N2CCN(C(=O)Nc3ccc(Cl)c(C(F)(F)F)c3)CC2)nc(N2CCOCC2)n1. The Morgan fingerprint density at radius 1 is 1.03 bits per heavy atom. The van der Waals surface area contributed by atoms with Crippen molar-refractivity contribution in [2.45, 2.75) is 13.1 Å². The van der Waals surface area contributed by atoms with Gasteiger partial charge in [-0.3, -0.25) is 0 Å². The van der Waals surface area contributed by atoms with Crippen LogP contribution < -0.4 is 15.1 Å². The zero-order valence-corrected chi connectivity index (χ0v) is 18.8. The van der Waals surface area contributed by atoms with Crippen LogP contribution in [0.15, 0.2) is 24.3 Å². The van der Waals surface area contributed by atoms with Crippen LogP contribution in [0, 0.1) is 6.92 Å². The molecule has 0 unspecified atom stereocenters. The number of amides is 2. The summed E-state index contributed by atoms with van der Waals surface area (Å²) in [6, 6.07) is 4.77. The van der Waals surface area contributed by atoms with Gasteiger partial charge in [-0.05, 0) is 25.1 Å². The first-order valence-corrected chi connectivity index (χ1v) is 10.9. The number of morpholine rings is 1. The van der Waals surface area contributed by atoms with Crippen LogP contribution in [0.4, 0.5) is 35.4 Å². The van der Waals surface area contributed by atoms with E-state index in [1.54, 1.807) is 4.90 Å². The molecule has 2 amide bonds. The van der Waals surface area contributed by atoms with Crippen molar-refractivity contribution in [2.75, 3.05) is 67.6 Å². The van der Waals surface area contributed by atoms with E-state index >= 15 is 0 Å². The fraction of sp³-hybridized carbons (Fsp3) is 0.476. The minimum atomic E-state index is -4.60. The van der Waals surface area contributed by atoms with Gasteiger partial charge in [0.1, 0.15) is 5.82 Å². The number of benzene rings is 1. The van der Waals surface area contributed by atoms with Crippen LogP contribution in [0.1, 0.15) is 11.3 Å². The fourth-order valence-electron chi connectivity index (χ4n) is 3.76. The normalized spacial score (nSPS) is 17.3. The number of nitrogens with one attached hydrogen (secondary N) is 1. The third-order valence-electron chi connectivity index (χ3n) is 5.54. The van der Waals surface area contributed by atoms with Gasteiger partial charge in [0.15, 0.2) is 0 Å². The van der Waals surface area contributed by atoms with E-state index in [2.05, 4.69) is 20.1 Å². The Morgan fingerprint density at radius 2 is 1.73 bits per heavy atom. The zero-order valence-electron chi connectivity index (χ0n) is 18.0. The number of hydrogen-bond donors (Lipinski definition) is 1. The van der Waals surface area contributed by atoms with E-state index in [-0.39, 0.29) is 5.69 Å². The minimum absolute atomic E-state index is 0.0423. The van der Waals surface area contributed by atoms with Crippen molar-refractivity contribution >= 4 is 35.1 Å². The number of aryl methyl sites for hydroxylation is 1. The molecule has 0 bridgehead atoms. The molecule has 33 heavy (non-hydrogen) atoms. The maximum Gasteiger partial charge on any atom is 0.417 e. The van der Waals surface area contributed by atoms with Crippen LogP contribution in [-0.4, -0.2) is 73.4 Å². The van der Waals surface area contributed by atoms with E-state index in [0.717, 1.165) is 36.7 Å². The number of aromatic nitrogens is 2. The van der Waals surface area contributed by atoms with Gasteiger partial charge in [0.05, 0.1) is 23.8 Å². The molecule has 2 fully saturated rings. The largest absolute Gasteiger partial charge is 0.417 e. The van der Waals surface area contributed by atoms with Gasteiger partial charge in [0.25, 0.3) is 0 Å². The number of ether oxygens (including phenoxy) is 1. The number of nitrogens with zero attached hydrogens (tertiary/aromatic N) is 5. The number of rotatable bonds is 3. The van der Waals surface area contributed by atoms with Crippen molar-refractivity contribution in [2.24, 2.45) is 0 Å². The van der Waals surface area contributed by atoms with Crippen molar-refractivity contribution in [3.05, 3.63) is 40.5 Å². The van der Waals surface area contributed by atoms with Gasteiger partial charge in [-0.15, -0.1) is 0 Å². The maximum atomic E-state index is 13.1. The Kier molecular flexibility index (Phi) is 6.80. The number of urea groups is 1. The van der Waals surface area contributed by atoms with Crippen molar-refractivity contribution in [1.29, 1.82) is 0 Å². The smallest absolute Gasteiger partial charge is 0.378 e. The Bertz CT molecular complexity index is 1010. The Balaban J connectivity index is 1.38. The molecule has 0 aliphatic carbocycles. The predicted octanol–water partition coefficient (Wildman–Crippen LogP) is 3.65. The van der Waals surface area contributed by atoms with Crippen LogP contribution in [0.5, 0.6) is 0 Å². The zero-order chi connectivity index (χ0) is 23.6. The number of carbonyl (C=O) groups is 1. The molecule has 1 aromatic heterocycles. The summed E-state index contributed by atoms with van der Waals surface area (Å²) in [7, 11) is 0. The van der Waals surface area contributed by atoms with Crippen LogP contribution in [0.3, 0.4) is 0 Å². The molecule has 4 rings (SSSR count). The molecule has 1 aromatic carbocycles. The van der Waals surface area contributed by atoms with Crippen LogP contribution in [0.2, 0.25) is 5.02 Å². The third-order valence-corrected chi connectivity index (χ3v) is 5.87. The quantitative estimate of drug-likeness (QED) is 0.717. The highest BCUT2D eigenvalue weighted by atomic mass is 35.5. The lowest BCUT2D eigenvalue weighted by atomic mass is 10.2. The second-order valence-corrected chi connectivity index (χ2v) is 8.27. The molecule has 3 heterocycles. The summed E-state index contributed by atoms with van der Waals surface area (Å²) in [6.07, 6.45) is -4.60. The van der Waals surface area contributed by atoms with Crippen LogP contribution in [0.25, 0.3) is 0 Å². The topological polar surface area (TPSA) is 73.8 Å². The highest BCUT2D eigenvalue weighted by Gasteiger charge is 2.33. The Labute approximate surface area is 194 Å². The van der Waals surface area contributed by atoms with Crippen molar-refractivity contribution < 1.29 is 22.7 Å². The first-order chi connectivity index (χ1) is 15.7. The Hall–Kier alpha value is -2.79. The number of halogens is 4. The molecule has 0 spiro atoms. The molecule has 12 heteroatoms. The second-order valence-electron chi connectivity index (χ2n) is 7.86. The van der Waals surface area contributed by atoms with Gasteiger partial charge in [0, 0.05) is 56.7 Å². The fourth-order valence-corrected chi connectivity index (χ4v) is 3.99. The summed E-state index contributed by atoms with van der Waals surface area (Å²) < 4.78 is 44.6. The Morgan fingerprint density at radius 3 is 2.39 bits per heavy atom. The lowest BCUT2D eigenvalue weighted by Gasteiger charge is -2.36. The number of anilines is 3. The van der Waals surface area contributed by atoms with Crippen molar-refractivity contribution in [3.63, 3.8) is 0 Å². The molecule has 1 N–H and O–H groups in total. The number of carbonyl (C=O) groups excluding carboxylic acids is 1. The molecule has 8 nitrogen and oxygen atoms in total. The first kappa shape index (κ1) is 23.4. The minimum Gasteiger partial charge on any atom is -0.378 e. The molecular weight excluding hydrogens is 461 g/mol. The molecule has 0 saturated carbocycles. The molecule has 2 aliphatic rings. The van der Waals surface area contributed by atoms with E-state index in [4.69, 9.17) is 21.3 Å². The van der Waals surface area contributed by atoms with E-state index in [9.17, 15) is 18.0 Å². The monoisotopic (exact) mass is 484 g/mol. The van der Waals surface area contributed by atoms with Gasteiger partial charge < -0.3 is 24.8 Å². The number of alkyl halides is 3. The molecular formula is C21H24ClF3N6O2. The molecule has 178 valence electrons. The standard InChI is InChI=1S/C21H24ClF3N6O2/c1-14-12-18(28-19(26-14)30-8-10-33-11-9-30)29-4-6-31(7-5-29)20(32)27-15-2-3-17(22)16(13-15)21(23,24)25/h2-3,12-13H,4-11H2,1H3,(H,27,32). The number of hydrogen-bond acceptors (Lipinski definition) is 6. The van der Waals surface area contributed by atoms with Crippen LogP contribution in [-0.2, 0) is 10.9 Å². The average molecular weight is 485 g/mol. The molecule has 2 saturated heterocycles. The lowest BCUT2D eigenvalue weighted by molar-refractivity contribution is -0.137. The second kappa shape index (κ2) is 9.60. The third kappa shape index (κ3) is 5.59.